The number of hydrogen-bond donors (Lipinski definition) is 0. The van der Waals surface area contributed by atoms with Gasteiger partial charge in [0.25, 0.3) is 0 Å². The second-order valence-electron chi connectivity index (χ2n) is 6.29. The van der Waals surface area contributed by atoms with Gasteiger partial charge in [-0.15, -0.1) is 0 Å². The van der Waals surface area contributed by atoms with Crippen LogP contribution in [0, 0.1) is 5.41 Å². The molecule has 0 aliphatic rings. The molecule has 0 amide bonds. The van der Waals surface area contributed by atoms with Gasteiger partial charge in [0.05, 0.1) is 0 Å². The number of rotatable bonds is 5. The summed E-state index contributed by atoms with van der Waals surface area (Å²) < 4.78 is 0. The quantitative estimate of drug-likeness (QED) is 0.582. The van der Waals surface area contributed by atoms with E-state index >= 15 is 0 Å². The van der Waals surface area contributed by atoms with Crippen LogP contribution in [-0.4, -0.2) is 0 Å². The van der Waals surface area contributed by atoms with Gasteiger partial charge >= 0.3 is 0 Å². The van der Waals surface area contributed by atoms with Gasteiger partial charge in [0.1, 0.15) is 0 Å². The Balaban J connectivity index is 2.61. The van der Waals surface area contributed by atoms with E-state index in [1.807, 2.05) is 0 Å². The lowest BCUT2D eigenvalue weighted by Crippen LogP contribution is -2.15. The molecule has 0 radical (unpaired) electrons. The normalized spacial score (nSPS) is 13.7. The van der Waals surface area contributed by atoms with Crippen molar-refractivity contribution in [1.29, 1.82) is 0 Å². The summed E-state index contributed by atoms with van der Waals surface area (Å²) in [5.41, 5.74) is 3.31. The molecule has 0 saturated carbocycles. The van der Waals surface area contributed by atoms with E-state index in [9.17, 15) is 0 Å². The van der Waals surface area contributed by atoms with Crippen molar-refractivity contribution in [2.75, 3.05) is 0 Å². The van der Waals surface area contributed by atoms with E-state index in [-0.39, 0.29) is 0 Å². The SMILES string of the molecule is CCCCCc1ccc(C(C)C(C)(C)C)cc1. The molecule has 0 fully saturated rings. The monoisotopic (exact) mass is 232 g/mol. The third kappa shape index (κ3) is 4.53. The predicted molar refractivity (Wildman–Crippen MR) is 77.5 cm³/mol. The second kappa shape index (κ2) is 6.23. The van der Waals surface area contributed by atoms with Crippen molar-refractivity contribution in [2.24, 2.45) is 5.41 Å². The molecule has 0 spiro atoms. The minimum Gasteiger partial charge on any atom is -0.0654 e. The molecule has 0 nitrogen and oxygen atoms in total. The van der Waals surface area contributed by atoms with E-state index in [0.717, 1.165) is 0 Å². The third-order valence-corrected chi connectivity index (χ3v) is 3.85. The van der Waals surface area contributed by atoms with E-state index in [0.29, 0.717) is 11.3 Å². The van der Waals surface area contributed by atoms with Gasteiger partial charge in [0.2, 0.25) is 0 Å². The molecule has 96 valence electrons. The molecular weight excluding hydrogens is 204 g/mol. The molecule has 0 aromatic heterocycles. The summed E-state index contributed by atoms with van der Waals surface area (Å²) >= 11 is 0. The van der Waals surface area contributed by atoms with Gasteiger partial charge in [0, 0.05) is 0 Å². The Labute approximate surface area is 107 Å². The van der Waals surface area contributed by atoms with Crippen molar-refractivity contribution in [3.8, 4) is 0 Å². The van der Waals surface area contributed by atoms with Gasteiger partial charge in [-0.3, -0.25) is 0 Å². The van der Waals surface area contributed by atoms with Crippen molar-refractivity contribution in [3.05, 3.63) is 35.4 Å². The van der Waals surface area contributed by atoms with Crippen molar-refractivity contribution in [3.63, 3.8) is 0 Å². The van der Waals surface area contributed by atoms with E-state index < -0.39 is 0 Å². The maximum absolute atomic E-state index is 2.33. The van der Waals surface area contributed by atoms with Crippen LogP contribution in [0.4, 0.5) is 0 Å². The van der Waals surface area contributed by atoms with Gasteiger partial charge in [-0.05, 0) is 35.3 Å². The zero-order valence-corrected chi connectivity index (χ0v) is 12.2. The average molecular weight is 232 g/mol. The molecule has 17 heavy (non-hydrogen) atoms. The molecule has 0 heterocycles. The van der Waals surface area contributed by atoms with Crippen LogP contribution in [0.3, 0.4) is 0 Å². The van der Waals surface area contributed by atoms with Crippen LogP contribution in [0.15, 0.2) is 24.3 Å². The van der Waals surface area contributed by atoms with Gasteiger partial charge < -0.3 is 0 Å². The minimum absolute atomic E-state index is 0.351. The van der Waals surface area contributed by atoms with Gasteiger partial charge in [-0.2, -0.15) is 0 Å². The molecular formula is C17H28. The van der Waals surface area contributed by atoms with Crippen LogP contribution in [0.2, 0.25) is 0 Å². The van der Waals surface area contributed by atoms with E-state index in [2.05, 4.69) is 58.9 Å². The largest absolute Gasteiger partial charge is 0.0654 e. The topological polar surface area (TPSA) is 0 Å². The molecule has 0 aliphatic heterocycles. The Bertz CT molecular complexity index is 313. The Morgan fingerprint density at radius 3 is 2.06 bits per heavy atom. The molecule has 0 saturated heterocycles. The lowest BCUT2D eigenvalue weighted by molar-refractivity contribution is 0.339. The summed E-state index contributed by atoms with van der Waals surface area (Å²) in [6, 6.07) is 9.26. The number of benzene rings is 1. The fraction of sp³-hybridized carbons (Fsp3) is 0.647. The molecule has 1 rings (SSSR count). The van der Waals surface area contributed by atoms with Crippen LogP contribution in [0.25, 0.3) is 0 Å². The Morgan fingerprint density at radius 1 is 1.00 bits per heavy atom. The summed E-state index contributed by atoms with van der Waals surface area (Å²) in [7, 11) is 0. The molecule has 0 bridgehead atoms. The highest BCUT2D eigenvalue weighted by Crippen LogP contribution is 2.34. The molecule has 1 aromatic rings. The highest BCUT2D eigenvalue weighted by atomic mass is 14.3. The zero-order valence-electron chi connectivity index (χ0n) is 12.2. The summed E-state index contributed by atoms with van der Waals surface area (Å²) in [6.45, 7) is 11.5. The molecule has 1 aromatic carbocycles. The average Bonchev–Trinajstić information content (AvgIpc) is 2.28. The highest BCUT2D eigenvalue weighted by Gasteiger charge is 2.21. The number of aryl methyl sites for hydroxylation is 1. The molecule has 0 N–H and O–H groups in total. The number of unbranched alkanes of at least 4 members (excludes halogenated alkanes) is 2. The molecule has 1 unspecified atom stereocenters. The van der Waals surface area contributed by atoms with Crippen LogP contribution in [-0.2, 0) is 6.42 Å². The van der Waals surface area contributed by atoms with Crippen LogP contribution in [0.5, 0.6) is 0 Å². The predicted octanol–water partition coefficient (Wildman–Crippen LogP) is 5.57. The van der Waals surface area contributed by atoms with E-state index in [1.165, 1.54) is 36.8 Å². The minimum atomic E-state index is 0.351. The first-order valence-corrected chi connectivity index (χ1v) is 7.04. The van der Waals surface area contributed by atoms with Gasteiger partial charge in [0.15, 0.2) is 0 Å². The lowest BCUT2D eigenvalue weighted by atomic mass is 9.78. The zero-order chi connectivity index (χ0) is 12.9. The fourth-order valence-electron chi connectivity index (χ4n) is 2.05. The first-order valence-electron chi connectivity index (χ1n) is 7.04. The smallest absolute Gasteiger partial charge is 0.0142 e. The Morgan fingerprint density at radius 2 is 1.59 bits per heavy atom. The standard InChI is InChI=1S/C17H28/c1-6-7-8-9-15-10-12-16(13-11-15)14(2)17(3,4)5/h10-14H,6-9H2,1-5H3. The first-order chi connectivity index (χ1) is 7.95. The van der Waals surface area contributed by atoms with E-state index in [4.69, 9.17) is 0 Å². The lowest BCUT2D eigenvalue weighted by Gasteiger charge is -2.27. The Kier molecular flexibility index (Phi) is 5.24. The fourth-order valence-corrected chi connectivity index (χ4v) is 2.05. The van der Waals surface area contributed by atoms with Crippen LogP contribution >= 0.6 is 0 Å². The van der Waals surface area contributed by atoms with Crippen molar-refractivity contribution < 1.29 is 0 Å². The van der Waals surface area contributed by atoms with Crippen LogP contribution in [0.1, 0.15) is 70.9 Å². The maximum Gasteiger partial charge on any atom is -0.0142 e. The summed E-state index contributed by atoms with van der Waals surface area (Å²) in [5, 5.41) is 0. The molecule has 0 aliphatic carbocycles. The van der Waals surface area contributed by atoms with Crippen LogP contribution < -0.4 is 0 Å². The van der Waals surface area contributed by atoms with Crippen molar-refractivity contribution in [1.82, 2.24) is 0 Å². The summed E-state index contributed by atoms with van der Waals surface area (Å²) in [6.07, 6.45) is 5.21. The van der Waals surface area contributed by atoms with Gasteiger partial charge in [-0.1, -0.05) is 71.7 Å². The third-order valence-electron chi connectivity index (χ3n) is 3.85. The number of hydrogen-bond acceptors (Lipinski definition) is 0. The Hall–Kier alpha value is -0.780. The highest BCUT2D eigenvalue weighted by molar-refractivity contribution is 5.26. The maximum atomic E-state index is 2.33. The van der Waals surface area contributed by atoms with E-state index in [1.54, 1.807) is 0 Å². The summed E-state index contributed by atoms with van der Waals surface area (Å²) in [4.78, 5) is 0. The summed E-state index contributed by atoms with van der Waals surface area (Å²) in [5.74, 6) is 0.618. The van der Waals surface area contributed by atoms with Crippen molar-refractivity contribution >= 4 is 0 Å². The molecule has 1 atom stereocenters. The molecule has 0 heteroatoms. The first kappa shape index (κ1) is 14.3. The van der Waals surface area contributed by atoms with Gasteiger partial charge in [-0.25, -0.2) is 0 Å². The van der Waals surface area contributed by atoms with Crippen molar-refractivity contribution in [2.45, 2.75) is 66.2 Å². The second-order valence-corrected chi connectivity index (χ2v) is 6.29.